The fourth-order valence-corrected chi connectivity index (χ4v) is 4.25. The highest BCUT2D eigenvalue weighted by Gasteiger charge is 2.31. The molecule has 2 aromatic rings. The smallest absolute Gasteiger partial charge is 0.242 e. The zero-order valence-corrected chi connectivity index (χ0v) is 20.3. The summed E-state index contributed by atoms with van der Waals surface area (Å²) in [6.07, 6.45) is 0.437. The predicted molar refractivity (Wildman–Crippen MR) is 118 cm³/mol. The Kier molecular flexibility index (Phi) is 8.17. The molecule has 162 valence electrons. The Morgan fingerprint density at radius 1 is 1.24 bits per heavy atom. The lowest BCUT2D eigenvalue weighted by atomic mass is 10.1. The van der Waals surface area contributed by atoms with Gasteiger partial charge >= 0.3 is 0 Å². The predicted octanol–water partition coefficient (Wildman–Crippen LogP) is 4.44. The van der Waals surface area contributed by atoms with Crippen molar-refractivity contribution in [3.05, 3.63) is 24.0 Å². The van der Waals surface area contributed by atoms with Crippen molar-refractivity contribution >= 4 is 35.5 Å². The van der Waals surface area contributed by atoms with E-state index in [9.17, 15) is 9.32 Å². The Morgan fingerprint density at radius 2 is 1.90 bits per heavy atom. The van der Waals surface area contributed by atoms with Gasteiger partial charge in [-0.25, -0.2) is 8.93 Å². The third-order valence-electron chi connectivity index (χ3n) is 3.83. The van der Waals surface area contributed by atoms with Gasteiger partial charge in [0.15, 0.2) is 28.8 Å². The zero-order chi connectivity index (χ0) is 21.8. The summed E-state index contributed by atoms with van der Waals surface area (Å²) in [6.45, 7) is 6.26. The molecule has 0 bridgehead atoms. The van der Waals surface area contributed by atoms with Gasteiger partial charge in [-0.3, -0.25) is 4.55 Å². The van der Waals surface area contributed by atoms with E-state index < -0.39 is 19.6 Å². The van der Waals surface area contributed by atoms with Crippen LogP contribution in [0.4, 0.5) is 0 Å². The number of methoxy groups -OCH3 is 2. The molecule has 0 fully saturated rings. The van der Waals surface area contributed by atoms with Gasteiger partial charge in [0, 0.05) is 12.1 Å². The maximum absolute atomic E-state index is 10.9. The number of hydrogen-bond acceptors (Lipinski definition) is 6. The topological polar surface area (TPSA) is 110 Å². The summed E-state index contributed by atoms with van der Waals surface area (Å²) in [4.78, 5) is -0.343. The molecule has 0 aliphatic rings. The second kappa shape index (κ2) is 9.98. The summed E-state index contributed by atoms with van der Waals surface area (Å²) < 4.78 is 44.8. The Hall–Kier alpha value is -1.53. The summed E-state index contributed by atoms with van der Waals surface area (Å²) in [5.74, 6) is 1.90. The van der Waals surface area contributed by atoms with Crippen molar-refractivity contribution in [1.29, 1.82) is 0 Å². The fraction of sp³-hybridized carbons (Fsp3) is 0.444. The molecule has 3 N–H and O–H groups in total. The first-order valence-corrected chi connectivity index (χ1v) is 14.3. The van der Waals surface area contributed by atoms with Crippen molar-refractivity contribution in [2.75, 3.05) is 20.8 Å². The third kappa shape index (κ3) is 6.22. The molecule has 0 saturated carbocycles. The molecule has 0 amide bonds. The lowest BCUT2D eigenvalue weighted by molar-refractivity contribution is 0.355. The number of furan rings is 1. The Morgan fingerprint density at radius 3 is 2.45 bits per heavy atom. The normalized spacial score (nSPS) is 13.8. The molecule has 11 heteroatoms. The maximum atomic E-state index is 10.9. The molecule has 29 heavy (non-hydrogen) atoms. The highest BCUT2D eigenvalue weighted by Crippen LogP contribution is 2.49. The highest BCUT2D eigenvalue weighted by molar-refractivity contribution is 9.09. The van der Waals surface area contributed by atoms with E-state index in [4.69, 9.17) is 22.9 Å². The monoisotopic (exact) mass is 507 g/mol. The van der Waals surface area contributed by atoms with Crippen molar-refractivity contribution in [2.24, 2.45) is 0 Å². The number of ether oxygens (including phenoxy) is 2. The van der Waals surface area contributed by atoms with E-state index in [-0.39, 0.29) is 28.6 Å². The van der Waals surface area contributed by atoms with Crippen LogP contribution in [0.2, 0.25) is 19.6 Å². The molecule has 2 atom stereocenters. The number of benzene rings is 1. The number of rotatable bonds is 10. The summed E-state index contributed by atoms with van der Waals surface area (Å²) >= 11 is 1.43. The SMILES string of the molecule is COc1ccc(-c2oc(C(Br)CCNS(=O)O)c(O[Si](C)(C)C)c2O)cc1OC. The molecule has 0 aliphatic heterocycles. The molecule has 0 radical (unpaired) electrons. The summed E-state index contributed by atoms with van der Waals surface area (Å²) in [6, 6.07) is 5.18. The van der Waals surface area contributed by atoms with Crippen LogP contribution >= 0.6 is 15.9 Å². The first-order valence-electron chi connectivity index (χ1n) is 8.82. The van der Waals surface area contributed by atoms with Crippen LogP contribution in [0.25, 0.3) is 11.3 Å². The van der Waals surface area contributed by atoms with Crippen LogP contribution in [0.15, 0.2) is 22.6 Å². The van der Waals surface area contributed by atoms with E-state index >= 15 is 0 Å². The second-order valence-corrected chi connectivity index (χ2v) is 13.5. The van der Waals surface area contributed by atoms with E-state index in [1.807, 2.05) is 19.6 Å². The van der Waals surface area contributed by atoms with E-state index in [1.54, 1.807) is 25.3 Å². The largest absolute Gasteiger partial charge is 0.539 e. The zero-order valence-electron chi connectivity index (χ0n) is 16.9. The number of nitrogens with one attached hydrogen (secondary N) is 1. The van der Waals surface area contributed by atoms with Gasteiger partial charge in [0.2, 0.25) is 25.3 Å². The van der Waals surface area contributed by atoms with Gasteiger partial charge in [-0.15, -0.1) is 0 Å². The van der Waals surface area contributed by atoms with Gasteiger partial charge in [0.1, 0.15) is 0 Å². The highest BCUT2D eigenvalue weighted by atomic mass is 79.9. The second-order valence-electron chi connectivity index (χ2n) is 7.16. The molecule has 1 heterocycles. The molecule has 0 spiro atoms. The van der Waals surface area contributed by atoms with Crippen molar-refractivity contribution in [1.82, 2.24) is 4.72 Å². The van der Waals surface area contributed by atoms with Gasteiger partial charge in [0.25, 0.3) is 0 Å². The van der Waals surface area contributed by atoms with E-state index in [0.29, 0.717) is 29.2 Å². The van der Waals surface area contributed by atoms with Gasteiger partial charge in [0.05, 0.1) is 19.0 Å². The minimum atomic E-state index is -2.10. The standard InChI is InChI=1S/C18H26BrNO7SSi/c1-24-13-7-6-11(10-14(13)25-2)16-15(21)18(27-29(3,4)5)17(26-16)12(19)8-9-20-28(22)23/h6-7,10,12,20-21H,8-9H2,1-5H3,(H,22,23). The maximum Gasteiger partial charge on any atom is 0.242 e. The Bertz CT molecular complexity index is 869. The van der Waals surface area contributed by atoms with Crippen LogP contribution < -0.4 is 18.6 Å². The molecule has 8 nitrogen and oxygen atoms in total. The summed E-state index contributed by atoms with van der Waals surface area (Å²) in [5.41, 5.74) is 0.598. The number of alkyl halides is 1. The molecule has 1 aromatic carbocycles. The quantitative estimate of drug-likeness (QED) is 0.247. The van der Waals surface area contributed by atoms with Crippen LogP contribution in [-0.2, 0) is 11.3 Å². The number of halogens is 1. The molecule has 2 rings (SSSR count). The number of aromatic hydroxyl groups is 1. The Labute approximate surface area is 182 Å². The summed E-state index contributed by atoms with van der Waals surface area (Å²) in [5, 5.41) is 10.9. The van der Waals surface area contributed by atoms with E-state index in [0.717, 1.165) is 0 Å². The molecule has 0 aliphatic carbocycles. The first kappa shape index (κ1) is 23.7. The van der Waals surface area contributed by atoms with E-state index in [2.05, 4.69) is 20.7 Å². The average molecular weight is 508 g/mol. The third-order valence-corrected chi connectivity index (χ3v) is 5.97. The lowest BCUT2D eigenvalue weighted by Gasteiger charge is -2.20. The minimum Gasteiger partial charge on any atom is -0.539 e. The molecular formula is C18H26BrNO7SSi. The van der Waals surface area contributed by atoms with Crippen LogP contribution in [-0.4, -0.2) is 42.9 Å². The van der Waals surface area contributed by atoms with Crippen LogP contribution in [0.3, 0.4) is 0 Å². The van der Waals surface area contributed by atoms with Crippen LogP contribution in [0.5, 0.6) is 23.0 Å². The van der Waals surface area contributed by atoms with Gasteiger partial charge in [-0.1, -0.05) is 15.9 Å². The van der Waals surface area contributed by atoms with Gasteiger partial charge < -0.3 is 23.4 Å². The van der Waals surface area contributed by atoms with Gasteiger partial charge in [-0.05, 0) is 44.3 Å². The molecular weight excluding hydrogens is 482 g/mol. The molecule has 0 saturated heterocycles. The van der Waals surface area contributed by atoms with Crippen molar-refractivity contribution in [2.45, 2.75) is 30.9 Å². The summed E-state index contributed by atoms with van der Waals surface area (Å²) in [7, 11) is 1.01. The minimum absolute atomic E-state index is 0.0993. The average Bonchev–Trinajstić information content (AvgIpc) is 2.95. The number of hydrogen-bond donors (Lipinski definition) is 3. The fourth-order valence-electron chi connectivity index (χ4n) is 2.61. The van der Waals surface area contributed by atoms with Gasteiger partial charge in [-0.2, -0.15) is 0 Å². The van der Waals surface area contributed by atoms with Crippen LogP contribution in [0.1, 0.15) is 17.0 Å². The molecule has 2 unspecified atom stereocenters. The molecule has 1 aromatic heterocycles. The van der Waals surface area contributed by atoms with Crippen molar-refractivity contribution in [3.63, 3.8) is 0 Å². The van der Waals surface area contributed by atoms with Crippen LogP contribution in [0, 0.1) is 0 Å². The van der Waals surface area contributed by atoms with Crippen molar-refractivity contribution < 1.29 is 32.2 Å². The Balaban J connectivity index is 2.47. The lowest BCUT2D eigenvalue weighted by Crippen LogP contribution is -2.29. The first-order chi connectivity index (χ1) is 13.6. The van der Waals surface area contributed by atoms with E-state index in [1.165, 1.54) is 7.11 Å². The van der Waals surface area contributed by atoms with Crippen molar-refractivity contribution in [3.8, 4) is 34.3 Å².